The van der Waals surface area contributed by atoms with Gasteiger partial charge in [-0.3, -0.25) is 10.1 Å². The minimum Gasteiger partial charge on any atom is -0.365 e. The van der Waals surface area contributed by atoms with Gasteiger partial charge in [-0.05, 0) is 49.9 Å². The van der Waals surface area contributed by atoms with Crippen molar-refractivity contribution in [2.45, 2.75) is 51.7 Å². The van der Waals surface area contributed by atoms with Gasteiger partial charge in [-0.15, -0.1) is 0 Å². The number of aromatic nitrogens is 2. The van der Waals surface area contributed by atoms with E-state index in [2.05, 4.69) is 21.6 Å². The highest BCUT2D eigenvalue weighted by Gasteiger charge is 2.24. The molecule has 1 saturated carbocycles. The first-order valence-electron chi connectivity index (χ1n) is 8.57. The molecule has 3 rings (SSSR count). The Bertz CT molecular complexity index is 719. The number of ether oxygens (including phenoxy) is 1. The molecule has 0 spiro atoms. The first-order valence-corrected chi connectivity index (χ1v) is 9.34. The Balaban J connectivity index is 1.56. The van der Waals surface area contributed by atoms with Crippen LogP contribution in [-0.4, -0.2) is 27.5 Å². The molecule has 1 aliphatic carbocycles. The lowest BCUT2D eigenvalue weighted by Crippen LogP contribution is -2.33. The lowest BCUT2D eigenvalue weighted by atomic mass is 9.88. The molecule has 0 aliphatic heterocycles. The van der Waals surface area contributed by atoms with Crippen LogP contribution in [0.25, 0.3) is 11.4 Å². The molecular formula is C18H22FN3O2S. The Morgan fingerprint density at radius 2 is 2.12 bits per heavy atom. The van der Waals surface area contributed by atoms with E-state index in [-0.39, 0.29) is 17.8 Å². The third-order valence-corrected chi connectivity index (χ3v) is 5.04. The molecule has 3 unspecified atom stereocenters. The van der Waals surface area contributed by atoms with E-state index in [0.717, 1.165) is 30.8 Å². The number of rotatable bonds is 5. The Morgan fingerprint density at radius 1 is 1.36 bits per heavy atom. The van der Waals surface area contributed by atoms with Crippen molar-refractivity contribution >= 4 is 22.6 Å². The molecule has 1 aromatic carbocycles. The summed E-state index contributed by atoms with van der Waals surface area (Å²) < 4.78 is 23.1. The molecule has 1 fully saturated rings. The number of halogens is 1. The topological polar surface area (TPSA) is 64.1 Å². The average molecular weight is 363 g/mol. The molecule has 0 saturated heterocycles. The van der Waals surface area contributed by atoms with Gasteiger partial charge in [0.05, 0.1) is 6.10 Å². The van der Waals surface area contributed by atoms with E-state index in [0.29, 0.717) is 22.4 Å². The summed E-state index contributed by atoms with van der Waals surface area (Å²) in [6.45, 7) is 3.98. The van der Waals surface area contributed by atoms with Crippen molar-refractivity contribution in [1.82, 2.24) is 9.36 Å². The van der Waals surface area contributed by atoms with Gasteiger partial charge in [0.25, 0.3) is 5.91 Å². The van der Waals surface area contributed by atoms with Crippen molar-refractivity contribution in [3.8, 4) is 11.4 Å². The maximum atomic E-state index is 13.0. The summed E-state index contributed by atoms with van der Waals surface area (Å²) in [6, 6.07) is 5.93. The Labute approximate surface area is 150 Å². The fourth-order valence-electron chi connectivity index (χ4n) is 3.05. The van der Waals surface area contributed by atoms with Crippen molar-refractivity contribution in [2.75, 3.05) is 5.32 Å². The molecule has 1 heterocycles. The summed E-state index contributed by atoms with van der Waals surface area (Å²) in [5.41, 5.74) is 0.707. The minimum atomic E-state index is -0.534. The number of hydrogen-bond acceptors (Lipinski definition) is 5. The Hall–Kier alpha value is -1.86. The average Bonchev–Trinajstić information content (AvgIpc) is 3.04. The van der Waals surface area contributed by atoms with Crippen LogP contribution in [0.3, 0.4) is 0 Å². The number of nitrogens with one attached hydrogen (secondary N) is 1. The third kappa shape index (κ3) is 4.83. The van der Waals surface area contributed by atoms with Crippen LogP contribution in [0.15, 0.2) is 24.3 Å². The molecule has 134 valence electrons. The minimum absolute atomic E-state index is 0.147. The van der Waals surface area contributed by atoms with E-state index in [9.17, 15) is 9.18 Å². The van der Waals surface area contributed by atoms with Crippen LogP contribution < -0.4 is 5.32 Å². The highest BCUT2D eigenvalue weighted by Crippen LogP contribution is 2.27. The van der Waals surface area contributed by atoms with Gasteiger partial charge in [-0.2, -0.15) is 9.36 Å². The predicted octanol–water partition coefficient (Wildman–Crippen LogP) is 4.27. The second-order valence-corrected chi connectivity index (χ2v) is 7.34. The fraction of sp³-hybridized carbons (Fsp3) is 0.500. The maximum Gasteiger partial charge on any atom is 0.255 e. The van der Waals surface area contributed by atoms with E-state index < -0.39 is 6.10 Å². The normalized spacial score (nSPS) is 21.7. The lowest BCUT2D eigenvalue weighted by molar-refractivity contribution is -0.131. The van der Waals surface area contributed by atoms with Gasteiger partial charge < -0.3 is 4.74 Å². The molecule has 2 aromatic rings. The zero-order valence-corrected chi connectivity index (χ0v) is 15.2. The van der Waals surface area contributed by atoms with Gasteiger partial charge in [-0.1, -0.05) is 19.8 Å². The monoisotopic (exact) mass is 363 g/mol. The molecule has 5 nitrogen and oxygen atoms in total. The van der Waals surface area contributed by atoms with Gasteiger partial charge in [0.15, 0.2) is 5.82 Å². The Morgan fingerprint density at radius 3 is 2.84 bits per heavy atom. The second-order valence-electron chi connectivity index (χ2n) is 6.59. The molecule has 1 aliphatic rings. The fourth-order valence-corrected chi connectivity index (χ4v) is 3.64. The van der Waals surface area contributed by atoms with E-state index in [1.165, 1.54) is 18.6 Å². The maximum absolute atomic E-state index is 13.0. The van der Waals surface area contributed by atoms with Gasteiger partial charge >= 0.3 is 0 Å². The second kappa shape index (κ2) is 8.01. The summed E-state index contributed by atoms with van der Waals surface area (Å²) in [4.78, 5) is 16.6. The van der Waals surface area contributed by atoms with Crippen LogP contribution in [-0.2, 0) is 9.53 Å². The molecule has 1 N–H and O–H groups in total. The number of carbonyl (C=O) groups is 1. The van der Waals surface area contributed by atoms with Gasteiger partial charge in [-0.25, -0.2) is 4.39 Å². The SMILES string of the molecule is CC1CCCC(OC(C)C(=O)Nc2nc(-c3ccc(F)cc3)ns2)C1. The lowest BCUT2D eigenvalue weighted by Gasteiger charge is -2.28. The summed E-state index contributed by atoms with van der Waals surface area (Å²) in [5, 5.41) is 3.16. The quantitative estimate of drug-likeness (QED) is 0.862. The van der Waals surface area contributed by atoms with Crippen LogP contribution in [0, 0.1) is 11.7 Å². The van der Waals surface area contributed by atoms with Crippen molar-refractivity contribution in [2.24, 2.45) is 5.92 Å². The van der Waals surface area contributed by atoms with E-state index in [1.807, 2.05) is 0 Å². The highest BCUT2D eigenvalue weighted by atomic mass is 32.1. The Kier molecular flexibility index (Phi) is 5.75. The molecular weight excluding hydrogens is 341 g/mol. The number of carbonyl (C=O) groups excluding carboxylic acids is 1. The zero-order valence-electron chi connectivity index (χ0n) is 14.4. The van der Waals surface area contributed by atoms with Crippen LogP contribution in [0.1, 0.15) is 39.5 Å². The number of hydrogen-bond donors (Lipinski definition) is 1. The van der Waals surface area contributed by atoms with Gasteiger partial charge in [0.2, 0.25) is 5.13 Å². The largest absolute Gasteiger partial charge is 0.365 e. The molecule has 3 atom stereocenters. The molecule has 0 bridgehead atoms. The van der Waals surface area contributed by atoms with Crippen molar-refractivity contribution < 1.29 is 13.9 Å². The van der Waals surface area contributed by atoms with Crippen LogP contribution >= 0.6 is 11.5 Å². The van der Waals surface area contributed by atoms with Crippen LogP contribution in [0.4, 0.5) is 9.52 Å². The smallest absolute Gasteiger partial charge is 0.255 e. The van der Waals surface area contributed by atoms with E-state index in [4.69, 9.17) is 4.74 Å². The predicted molar refractivity (Wildman–Crippen MR) is 95.9 cm³/mol. The van der Waals surface area contributed by atoms with Crippen molar-refractivity contribution in [3.63, 3.8) is 0 Å². The van der Waals surface area contributed by atoms with E-state index >= 15 is 0 Å². The van der Waals surface area contributed by atoms with Crippen molar-refractivity contribution in [3.05, 3.63) is 30.1 Å². The molecule has 7 heteroatoms. The molecule has 0 radical (unpaired) electrons. The molecule has 1 amide bonds. The summed E-state index contributed by atoms with van der Waals surface area (Å²) in [6.07, 6.45) is 4.01. The van der Waals surface area contributed by atoms with Crippen molar-refractivity contribution in [1.29, 1.82) is 0 Å². The first-order chi connectivity index (χ1) is 12.0. The number of amides is 1. The summed E-state index contributed by atoms with van der Waals surface area (Å²) >= 11 is 1.10. The third-order valence-electron chi connectivity index (χ3n) is 4.41. The first kappa shape index (κ1) is 17.9. The number of benzene rings is 1. The zero-order chi connectivity index (χ0) is 17.8. The van der Waals surface area contributed by atoms with Gasteiger partial charge in [0.1, 0.15) is 11.9 Å². The molecule has 25 heavy (non-hydrogen) atoms. The highest BCUT2D eigenvalue weighted by molar-refractivity contribution is 7.10. The van der Waals surface area contributed by atoms with E-state index in [1.54, 1.807) is 19.1 Å². The molecule has 1 aromatic heterocycles. The number of nitrogens with zero attached hydrogens (tertiary/aromatic N) is 2. The van der Waals surface area contributed by atoms with Gasteiger partial charge in [0, 0.05) is 17.1 Å². The standard InChI is InChI=1S/C18H22FN3O2S/c1-11-4-3-5-15(10-11)24-12(2)17(23)21-18-20-16(22-25-18)13-6-8-14(19)9-7-13/h6-9,11-12,15H,3-5,10H2,1-2H3,(H,20,21,22,23). The number of anilines is 1. The summed E-state index contributed by atoms with van der Waals surface area (Å²) in [5.74, 6) is 0.584. The van der Waals surface area contributed by atoms with Crippen LogP contribution in [0.5, 0.6) is 0 Å². The summed E-state index contributed by atoms with van der Waals surface area (Å²) in [7, 11) is 0. The van der Waals surface area contributed by atoms with Crippen LogP contribution in [0.2, 0.25) is 0 Å².